The second kappa shape index (κ2) is 7.73. The van der Waals surface area contributed by atoms with Crippen LogP contribution in [0.25, 0.3) is 0 Å². The molecule has 3 N–H and O–H groups in total. The third kappa shape index (κ3) is 3.58. The Balaban J connectivity index is 3.18. The number of anilines is 1. The molecule has 112 valence electrons. The molecule has 1 aromatic carbocycles. The van der Waals surface area contributed by atoms with Crippen LogP contribution in [0.15, 0.2) is 21.8 Å². The van der Waals surface area contributed by atoms with Gasteiger partial charge < -0.3 is 15.8 Å². The molecule has 1 rings (SSSR count). The zero-order chi connectivity index (χ0) is 15.3. The van der Waals surface area contributed by atoms with Crippen molar-refractivity contribution in [2.24, 2.45) is 10.9 Å². The Kier molecular flexibility index (Phi) is 6.61. The smallest absolute Gasteiger partial charge is 0.171 e. The molecule has 0 aliphatic heterocycles. The van der Waals surface area contributed by atoms with E-state index in [-0.39, 0.29) is 16.4 Å². The first-order chi connectivity index (χ1) is 9.47. The van der Waals surface area contributed by atoms with Crippen molar-refractivity contribution in [1.29, 1.82) is 0 Å². The van der Waals surface area contributed by atoms with Gasteiger partial charge in [0.2, 0.25) is 0 Å². The Morgan fingerprint density at radius 2 is 2.25 bits per heavy atom. The Morgan fingerprint density at radius 3 is 2.75 bits per heavy atom. The van der Waals surface area contributed by atoms with Gasteiger partial charge in [0.15, 0.2) is 11.7 Å². The summed E-state index contributed by atoms with van der Waals surface area (Å²) in [5.74, 6) is 0.392. The maximum atomic E-state index is 14.5. The summed E-state index contributed by atoms with van der Waals surface area (Å²) in [6.45, 7) is 2.08. The molecule has 0 aromatic heterocycles. The molecular weight excluding hydrogens is 345 g/mol. The minimum absolute atomic E-state index is 0.124. The lowest BCUT2D eigenvalue weighted by Gasteiger charge is -2.29. The topological polar surface area (TPSA) is 61.8 Å². The molecule has 0 bridgehead atoms. The number of halogens is 2. The van der Waals surface area contributed by atoms with E-state index in [4.69, 9.17) is 10.9 Å². The molecule has 1 unspecified atom stereocenters. The summed E-state index contributed by atoms with van der Waals surface area (Å²) in [5.41, 5.74) is 6.34. The van der Waals surface area contributed by atoms with Crippen molar-refractivity contribution in [3.05, 3.63) is 28.0 Å². The number of nitrogens with two attached hydrogens (primary N) is 1. The highest BCUT2D eigenvalue weighted by atomic mass is 79.9. The fourth-order valence-electron chi connectivity index (χ4n) is 1.96. The van der Waals surface area contributed by atoms with Crippen LogP contribution in [-0.4, -0.2) is 36.1 Å². The standard InChI is InChI=1S/C13H19BrFN3OS/c1-4-8(7-20-3)18(2)10-6-5-9(13(16)17-19)11(14)12(10)15/h5-6,8,19H,4,7H2,1-3H3,(H2,16,17). The largest absolute Gasteiger partial charge is 0.409 e. The number of hydrogen-bond acceptors (Lipinski definition) is 4. The van der Waals surface area contributed by atoms with Crippen LogP contribution in [0.1, 0.15) is 18.9 Å². The molecule has 1 atom stereocenters. The van der Waals surface area contributed by atoms with E-state index in [1.54, 1.807) is 23.9 Å². The van der Waals surface area contributed by atoms with E-state index in [0.29, 0.717) is 11.3 Å². The van der Waals surface area contributed by atoms with Gasteiger partial charge in [0.05, 0.1) is 10.2 Å². The molecule has 0 amide bonds. The Labute approximate surface area is 131 Å². The van der Waals surface area contributed by atoms with Crippen LogP contribution < -0.4 is 10.6 Å². The minimum atomic E-state index is -0.406. The first kappa shape index (κ1) is 17.1. The van der Waals surface area contributed by atoms with E-state index in [1.807, 2.05) is 18.2 Å². The molecule has 0 spiro atoms. The van der Waals surface area contributed by atoms with E-state index in [9.17, 15) is 4.39 Å². The Hall–Kier alpha value is -0.950. The van der Waals surface area contributed by atoms with Crippen molar-refractivity contribution in [2.75, 3.05) is 24.0 Å². The van der Waals surface area contributed by atoms with Crippen LogP contribution in [0, 0.1) is 5.82 Å². The van der Waals surface area contributed by atoms with Gasteiger partial charge in [-0.25, -0.2) is 4.39 Å². The summed E-state index contributed by atoms with van der Waals surface area (Å²) >= 11 is 4.90. The van der Waals surface area contributed by atoms with Crippen molar-refractivity contribution in [2.45, 2.75) is 19.4 Å². The molecule has 7 heteroatoms. The third-order valence-corrected chi connectivity index (χ3v) is 4.70. The molecule has 0 aliphatic rings. The molecule has 0 heterocycles. The highest BCUT2D eigenvalue weighted by molar-refractivity contribution is 9.10. The maximum absolute atomic E-state index is 14.5. The van der Waals surface area contributed by atoms with Crippen molar-refractivity contribution < 1.29 is 9.60 Å². The van der Waals surface area contributed by atoms with Crippen LogP contribution >= 0.6 is 27.7 Å². The predicted octanol–water partition coefficient (Wildman–Crippen LogP) is 3.26. The van der Waals surface area contributed by atoms with Crippen LogP contribution in [0.3, 0.4) is 0 Å². The van der Waals surface area contributed by atoms with Gasteiger partial charge in [0, 0.05) is 24.4 Å². The van der Waals surface area contributed by atoms with Gasteiger partial charge in [-0.1, -0.05) is 12.1 Å². The molecule has 1 aromatic rings. The van der Waals surface area contributed by atoms with Gasteiger partial charge in [0.25, 0.3) is 0 Å². The highest BCUT2D eigenvalue weighted by Crippen LogP contribution is 2.30. The zero-order valence-electron chi connectivity index (χ0n) is 11.7. The minimum Gasteiger partial charge on any atom is -0.409 e. The molecule has 0 saturated heterocycles. The summed E-state index contributed by atoms with van der Waals surface area (Å²) in [7, 11) is 1.87. The summed E-state index contributed by atoms with van der Waals surface area (Å²) in [6, 6.07) is 3.54. The average Bonchev–Trinajstić information content (AvgIpc) is 2.46. The van der Waals surface area contributed by atoms with E-state index in [1.165, 1.54) is 0 Å². The number of nitrogens with zero attached hydrogens (tertiary/aromatic N) is 2. The quantitative estimate of drug-likeness (QED) is 0.352. The molecule has 0 aliphatic carbocycles. The van der Waals surface area contributed by atoms with Gasteiger partial charge in [-0.2, -0.15) is 11.8 Å². The lowest BCUT2D eigenvalue weighted by molar-refractivity contribution is 0.318. The summed E-state index contributed by atoms with van der Waals surface area (Å²) in [6.07, 6.45) is 2.96. The number of benzene rings is 1. The first-order valence-electron chi connectivity index (χ1n) is 6.15. The van der Waals surface area contributed by atoms with Gasteiger partial charge in [0.1, 0.15) is 0 Å². The second-order valence-corrected chi connectivity index (χ2v) is 6.08. The molecule has 4 nitrogen and oxygen atoms in total. The number of oxime groups is 1. The van der Waals surface area contributed by atoms with Crippen molar-refractivity contribution >= 4 is 39.2 Å². The van der Waals surface area contributed by atoms with Gasteiger partial charge >= 0.3 is 0 Å². The third-order valence-electron chi connectivity index (χ3n) is 3.20. The molecular formula is C13H19BrFN3OS. The van der Waals surface area contributed by atoms with E-state index in [2.05, 4.69) is 28.0 Å². The fourth-order valence-corrected chi connectivity index (χ4v) is 3.34. The summed E-state index contributed by atoms with van der Waals surface area (Å²) in [5, 5.41) is 11.6. The van der Waals surface area contributed by atoms with Crippen LogP contribution in [0.4, 0.5) is 10.1 Å². The average molecular weight is 364 g/mol. The lowest BCUT2D eigenvalue weighted by atomic mass is 10.1. The van der Waals surface area contributed by atoms with E-state index >= 15 is 0 Å². The van der Waals surface area contributed by atoms with Crippen molar-refractivity contribution in [1.82, 2.24) is 0 Å². The first-order valence-corrected chi connectivity index (χ1v) is 8.34. The number of amidine groups is 1. The van der Waals surface area contributed by atoms with Gasteiger partial charge in [-0.05, 0) is 40.7 Å². The molecule has 0 saturated carbocycles. The van der Waals surface area contributed by atoms with Crippen LogP contribution in [-0.2, 0) is 0 Å². The Bertz CT molecular complexity index is 499. The molecule has 0 fully saturated rings. The number of hydrogen-bond donors (Lipinski definition) is 2. The van der Waals surface area contributed by atoms with Crippen molar-refractivity contribution in [3.8, 4) is 0 Å². The SMILES string of the molecule is CCC(CSC)N(C)c1ccc(/C(N)=N/O)c(Br)c1F. The predicted molar refractivity (Wildman–Crippen MR) is 87.5 cm³/mol. The lowest BCUT2D eigenvalue weighted by Crippen LogP contribution is -2.34. The second-order valence-electron chi connectivity index (χ2n) is 4.37. The van der Waals surface area contributed by atoms with Gasteiger partial charge in [-0.15, -0.1) is 0 Å². The van der Waals surface area contributed by atoms with Crippen LogP contribution in [0.2, 0.25) is 0 Å². The molecule has 20 heavy (non-hydrogen) atoms. The molecule has 0 radical (unpaired) electrons. The fraction of sp³-hybridized carbons (Fsp3) is 0.462. The zero-order valence-corrected chi connectivity index (χ0v) is 14.1. The van der Waals surface area contributed by atoms with Gasteiger partial charge in [-0.3, -0.25) is 0 Å². The normalized spacial score (nSPS) is 13.3. The van der Waals surface area contributed by atoms with E-state index in [0.717, 1.165) is 12.2 Å². The van der Waals surface area contributed by atoms with E-state index < -0.39 is 5.82 Å². The maximum Gasteiger partial charge on any atom is 0.171 e. The summed E-state index contributed by atoms with van der Waals surface area (Å²) < 4.78 is 14.7. The van der Waals surface area contributed by atoms with Crippen molar-refractivity contribution in [3.63, 3.8) is 0 Å². The summed E-state index contributed by atoms with van der Waals surface area (Å²) in [4.78, 5) is 1.92. The monoisotopic (exact) mass is 363 g/mol. The van der Waals surface area contributed by atoms with Crippen LogP contribution in [0.5, 0.6) is 0 Å². The Morgan fingerprint density at radius 1 is 1.60 bits per heavy atom. The highest BCUT2D eigenvalue weighted by Gasteiger charge is 2.20. The number of thioether (sulfide) groups is 1. The number of rotatable bonds is 6.